The van der Waals surface area contributed by atoms with Crippen LogP contribution in [-0.2, 0) is 19.0 Å². The molecular formula is C15H35FN2O4. The van der Waals surface area contributed by atoms with Gasteiger partial charge in [0.1, 0.15) is 6.17 Å². The third-order valence-corrected chi connectivity index (χ3v) is 1.96. The Kier molecular flexibility index (Phi) is 33.8. The normalized spacial score (nSPS) is 10.6. The fraction of sp³-hybridized carbons (Fsp3) is 0.933. The molecule has 0 saturated heterocycles. The van der Waals surface area contributed by atoms with Crippen LogP contribution in [0.1, 0.15) is 27.7 Å². The largest absolute Gasteiger partial charge is 0.378 e. The van der Waals surface area contributed by atoms with Crippen LogP contribution in [0.5, 0.6) is 0 Å². The van der Waals surface area contributed by atoms with Crippen LogP contribution >= 0.6 is 0 Å². The monoisotopic (exact) mass is 326 g/mol. The first kappa shape index (κ1) is 26.2. The summed E-state index contributed by atoms with van der Waals surface area (Å²) < 4.78 is 28.4. The zero-order chi connectivity index (χ0) is 17.5. The zero-order valence-corrected chi connectivity index (χ0v) is 14.8. The maximum absolute atomic E-state index is 12.9. The highest BCUT2D eigenvalue weighted by atomic mass is 19.1. The number of amides is 1. The lowest BCUT2D eigenvalue weighted by atomic mass is 10.4. The van der Waals surface area contributed by atoms with Crippen LogP contribution in [0.15, 0.2) is 0 Å². The second-order valence-corrected chi connectivity index (χ2v) is 3.53. The third-order valence-electron chi connectivity index (χ3n) is 1.96. The first-order chi connectivity index (χ1) is 10.8. The van der Waals surface area contributed by atoms with Crippen molar-refractivity contribution in [3.63, 3.8) is 0 Å². The Morgan fingerprint density at radius 2 is 1.45 bits per heavy atom. The van der Waals surface area contributed by atoms with Crippen LogP contribution in [0, 0.1) is 0 Å². The number of rotatable bonds is 14. The van der Waals surface area contributed by atoms with E-state index in [1.807, 2.05) is 34.7 Å². The van der Waals surface area contributed by atoms with Crippen LogP contribution in [0.4, 0.5) is 4.39 Å². The molecule has 0 spiro atoms. The van der Waals surface area contributed by atoms with Crippen molar-refractivity contribution in [2.75, 3.05) is 59.8 Å². The number of alkyl halides is 1. The van der Waals surface area contributed by atoms with Crippen LogP contribution in [0.3, 0.4) is 0 Å². The Hall–Kier alpha value is -0.760. The van der Waals surface area contributed by atoms with E-state index >= 15 is 0 Å². The molecule has 7 heteroatoms. The lowest BCUT2D eigenvalue weighted by Crippen LogP contribution is -2.26. The van der Waals surface area contributed by atoms with Crippen molar-refractivity contribution < 1.29 is 23.4 Å². The number of likely N-dealkylation sites (N-methyl/N-ethyl adjacent to an activating group) is 1. The maximum Gasteiger partial charge on any atom is 0.207 e. The summed E-state index contributed by atoms with van der Waals surface area (Å²) in [7, 11) is 1.86. The van der Waals surface area contributed by atoms with Crippen molar-refractivity contribution >= 4 is 6.41 Å². The number of carbonyl (C=O) groups excluding carboxylic acids is 1. The topological polar surface area (TPSA) is 68.8 Å². The van der Waals surface area contributed by atoms with Gasteiger partial charge in [-0.3, -0.25) is 4.79 Å². The van der Waals surface area contributed by atoms with Crippen LogP contribution in [-0.4, -0.2) is 72.4 Å². The predicted molar refractivity (Wildman–Crippen MR) is 88.0 cm³/mol. The summed E-state index contributed by atoms with van der Waals surface area (Å²) in [5, 5.41) is 5.21. The van der Waals surface area contributed by atoms with Crippen molar-refractivity contribution in [2.24, 2.45) is 0 Å². The van der Waals surface area contributed by atoms with Gasteiger partial charge in [0.2, 0.25) is 6.41 Å². The minimum absolute atomic E-state index is 0.0241. The molecule has 0 aliphatic carbocycles. The molecular weight excluding hydrogens is 291 g/mol. The molecule has 6 nitrogen and oxygen atoms in total. The average Bonchev–Trinajstić information content (AvgIpc) is 2.58. The van der Waals surface area contributed by atoms with Crippen LogP contribution in [0.2, 0.25) is 0 Å². The van der Waals surface area contributed by atoms with Crippen molar-refractivity contribution in [1.82, 2.24) is 10.6 Å². The highest BCUT2D eigenvalue weighted by Gasteiger charge is 2.04. The standard InChI is InChI=1S/C11H23FN2O4.2C2H6/c1-13-2-3-16-4-5-17-6-7-18-9-11(12)8-14-10-15;2*1-2/h10-11,13H,2-9H2,1H3,(H,14,15);2*1-2H3. The molecule has 0 aliphatic heterocycles. The SMILES string of the molecule is CC.CC.CNCCOCCOCCOCC(F)CNC=O. The fourth-order valence-corrected chi connectivity index (χ4v) is 1.06. The van der Waals surface area contributed by atoms with Crippen molar-refractivity contribution in [3.05, 3.63) is 0 Å². The number of nitrogens with one attached hydrogen (secondary N) is 2. The number of hydrogen-bond acceptors (Lipinski definition) is 5. The molecule has 2 N–H and O–H groups in total. The Bertz CT molecular complexity index is 189. The number of carbonyl (C=O) groups is 1. The molecule has 1 unspecified atom stereocenters. The molecule has 0 heterocycles. The highest BCUT2D eigenvalue weighted by Crippen LogP contribution is 1.90. The molecule has 0 aromatic carbocycles. The van der Waals surface area contributed by atoms with Gasteiger partial charge in [-0.25, -0.2) is 4.39 Å². The van der Waals surface area contributed by atoms with Gasteiger partial charge in [0.15, 0.2) is 0 Å². The van der Waals surface area contributed by atoms with E-state index in [9.17, 15) is 9.18 Å². The van der Waals surface area contributed by atoms with Crippen LogP contribution in [0.25, 0.3) is 0 Å². The van der Waals surface area contributed by atoms with Gasteiger partial charge in [0, 0.05) is 6.54 Å². The molecule has 0 fully saturated rings. The van der Waals surface area contributed by atoms with Crippen molar-refractivity contribution in [1.29, 1.82) is 0 Å². The van der Waals surface area contributed by atoms with E-state index in [0.717, 1.165) is 6.54 Å². The minimum atomic E-state index is -1.18. The van der Waals surface area contributed by atoms with Gasteiger partial charge in [-0.1, -0.05) is 27.7 Å². The Morgan fingerprint density at radius 3 is 1.95 bits per heavy atom. The highest BCUT2D eigenvalue weighted by molar-refractivity contribution is 5.45. The second kappa shape index (κ2) is 28.4. The van der Waals surface area contributed by atoms with E-state index in [2.05, 4.69) is 10.6 Å². The minimum Gasteiger partial charge on any atom is -0.378 e. The lowest BCUT2D eigenvalue weighted by Gasteiger charge is -2.09. The van der Waals surface area contributed by atoms with E-state index in [-0.39, 0.29) is 13.2 Å². The molecule has 0 bridgehead atoms. The Balaban J connectivity index is -0.000000826. The summed E-state index contributed by atoms with van der Waals surface area (Å²) in [6.45, 7) is 11.2. The first-order valence-corrected chi connectivity index (χ1v) is 8.00. The third kappa shape index (κ3) is 27.6. The van der Waals surface area contributed by atoms with Gasteiger partial charge in [-0.15, -0.1) is 0 Å². The number of hydrogen-bond donors (Lipinski definition) is 2. The molecule has 22 heavy (non-hydrogen) atoms. The molecule has 136 valence electrons. The molecule has 1 atom stereocenters. The number of ether oxygens (including phenoxy) is 3. The van der Waals surface area contributed by atoms with Gasteiger partial charge < -0.3 is 24.8 Å². The first-order valence-electron chi connectivity index (χ1n) is 8.00. The molecule has 0 aromatic heterocycles. The Labute approximate surface area is 135 Å². The van der Waals surface area contributed by atoms with Gasteiger partial charge in [0.05, 0.1) is 46.2 Å². The second-order valence-electron chi connectivity index (χ2n) is 3.53. The predicted octanol–water partition coefficient (Wildman–Crippen LogP) is 1.39. The van der Waals surface area contributed by atoms with E-state index in [4.69, 9.17) is 14.2 Å². The maximum atomic E-state index is 12.9. The lowest BCUT2D eigenvalue weighted by molar-refractivity contribution is -0.109. The molecule has 0 aromatic rings. The molecule has 1 amide bonds. The summed E-state index contributed by atoms with van der Waals surface area (Å²) in [6, 6.07) is 0. The molecule has 0 aliphatic rings. The van der Waals surface area contributed by atoms with Gasteiger partial charge >= 0.3 is 0 Å². The fourth-order valence-electron chi connectivity index (χ4n) is 1.06. The quantitative estimate of drug-likeness (QED) is 0.373. The smallest absolute Gasteiger partial charge is 0.207 e. The van der Waals surface area contributed by atoms with Crippen LogP contribution < -0.4 is 10.6 Å². The summed E-state index contributed by atoms with van der Waals surface area (Å²) in [6.07, 6.45) is -0.718. The van der Waals surface area contributed by atoms with E-state index < -0.39 is 6.17 Å². The van der Waals surface area contributed by atoms with Crippen molar-refractivity contribution in [3.8, 4) is 0 Å². The molecule has 0 saturated carbocycles. The number of halogens is 1. The Morgan fingerprint density at radius 1 is 0.955 bits per heavy atom. The zero-order valence-electron chi connectivity index (χ0n) is 14.8. The summed E-state index contributed by atoms with van der Waals surface area (Å²) >= 11 is 0. The van der Waals surface area contributed by atoms with E-state index in [0.29, 0.717) is 39.4 Å². The van der Waals surface area contributed by atoms with E-state index in [1.165, 1.54) is 0 Å². The summed E-state index contributed by atoms with van der Waals surface area (Å²) in [5.74, 6) is 0. The molecule has 0 radical (unpaired) electrons. The van der Waals surface area contributed by atoms with Gasteiger partial charge in [0.25, 0.3) is 0 Å². The van der Waals surface area contributed by atoms with E-state index in [1.54, 1.807) is 0 Å². The van der Waals surface area contributed by atoms with Crippen molar-refractivity contribution in [2.45, 2.75) is 33.9 Å². The van der Waals surface area contributed by atoms with Gasteiger partial charge in [-0.05, 0) is 7.05 Å². The summed E-state index contributed by atoms with van der Waals surface area (Å²) in [4.78, 5) is 9.90. The average molecular weight is 326 g/mol. The molecule has 0 rings (SSSR count). The summed E-state index contributed by atoms with van der Waals surface area (Å²) in [5.41, 5.74) is 0. The van der Waals surface area contributed by atoms with Gasteiger partial charge in [-0.2, -0.15) is 0 Å².